The molecule has 3 nitrogen and oxygen atoms in total. The van der Waals surface area contributed by atoms with Crippen LogP contribution in [0.3, 0.4) is 0 Å². The van der Waals surface area contributed by atoms with Crippen molar-refractivity contribution in [2.75, 3.05) is 19.8 Å². The number of hydrogen-bond donors (Lipinski definition) is 1. The summed E-state index contributed by atoms with van der Waals surface area (Å²) in [4.78, 5) is 0. The average molecular weight is 282 g/mol. The van der Waals surface area contributed by atoms with Crippen molar-refractivity contribution in [2.45, 2.75) is 38.6 Å². The van der Waals surface area contributed by atoms with Crippen molar-refractivity contribution in [2.24, 2.45) is 0 Å². The number of piperidine rings is 1. The lowest BCUT2D eigenvalue weighted by atomic mass is 9.94. The van der Waals surface area contributed by atoms with Crippen molar-refractivity contribution in [1.82, 2.24) is 5.32 Å². The van der Waals surface area contributed by atoms with Gasteiger partial charge in [-0.1, -0.05) is 18.0 Å². The second-order valence-corrected chi connectivity index (χ2v) is 5.74. The van der Waals surface area contributed by atoms with E-state index in [2.05, 4.69) is 18.3 Å². The highest BCUT2D eigenvalue weighted by Gasteiger charge is 2.23. The van der Waals surface area contributed by atoms with Gasteiger partial charge in [-0.15, -0.1) is 0 Å². The van der Waals surface area contributed by atoms with Crippen LogP contribution in [0.5, 0.6) is 11.5 Å². The molecular weight excluding hydrogens is 262 g/mol. The van der Waals surface area contributed by atoms with Crippen LogP contribution in [0.15, 0.2) is 6.07 Å². The quantitative estimate of drug-likeness (QED) is 0.904. The van der Waals surface area contributed by atoms with Gasteiger partial charge in [-0.3, -0.25) is 0 Å². The van der Waals surface area contributed by atoms with Gasteiger partial charge < -0.3 is 14.8 Å². The third-order valence-corrected chi connectivity index (χ3v) is 4.36. The Balaban J connectivity index is 1.87. The summed E-state index contributed by atoms with van der Waals surface area (Å²) in [6.07, 6.45) is 4.79. The van der Waals surface area contributed by atoms with E-state index in [1.807, 2.05) is 0 Å². The lowest BCUT2D eigenvalue weighted by Gasteiger charge is -2.26. The average Bonchev–Trinajstić information content (AvgIpc) is 2.45. The zero-order valence-electron chi connectivity index (χ0n) is 11.3. The minimum atomic E-state index is 0.535. The van der Waals surface area contributed by atoms with Crippen LogP contribution < -0.4 is 14.8 Å². The Morgan fingerprint density at radius 1 is 1.32 bits per heavy atom. The zero-order valence-corrected chi connectivity index (χ0v) is 12.1. The molecule has 0 saturated carbocycles. The van der Waals surface area contributed by atoms with E-state index in [0.29, 0.717) is 19.3 Å². The van der Waals surface area contributed by atoms with Gasteiger partial charge in [0.05, 0.1) is 5.02 Å². The van der Waals surface area contributed by atoms with Crippen molar-refractivity contribution >= 4 is 11.6 Å². The molecule has 0 aliphatic carbocycles. The predicted octanol–water partition coefficient (Wildman–Crippen LogP) is 3.10. The molecule has 1 unspecified atom stereocenters. The minimum absolute atomic E-state index is 0.535. The van der Waals surface area contributed by atoms with Gasteiger partial charge in [0.15, 0.2) is 11.5 Å². The summed E-state index contributed by atoms with van der Waals surface area (Å²) in [5.41, 5.74) is 2.40. The summed E-state index contributed by atoms with van der Waals surface area (Å²) in [5.74, 6) is 1.51. The molecular formula is C15H20ClNO2. The lowest BCUT2D eigenvalue weighted by Crippen LogP contribution is -2.35. The molecule has 0 radical (unpaired) electrons. The number of benzene rings is 1. The van der Waals surface area contributed by atoms with Crippen LogP contribution in [-0.2, 0) is 6.42 Å². The minimum Gasteiger partial charge on any atom is -0.486 e. The van der Waals surface area contributed by atoms with Crippen LogP contribution in [0.25, 0.3) is 0 Å². The van der Waals surface area contributed by atoms with E-state index in [0.717, 1.165) is 29.5 Å². The third-order valence-electron chi connectivity index (χ3n) is 3.96. The molecule has 2 aliphatic heterocycles. The Bertz CT molecular complexity index is 470. The van der Waals surface area contributed by atoms with Crippen molar-refractivity contribution < 1.29 is 9.47 Å². The Labute approximate surface area is 119 Å². The third kappa shape index (κ3) is 2.67. The number of aryl methyl sites for hydroxylation is 1. The highest BCUT2D eigenvalue weighted by Crippen LogP contribution is 2.41. The number of hydrogen-bond acceptors (Lipinski definition) is 3. The molecule has 3 rings (SSSR count). The molecule has 0 amide bonds. The van der Waals surface area contributed by atoms with Crippen molar-refractivity contribution in [1.29, 1.82) is 0 Å². The summed E-state index contributed by atoms with van der Waals surface area (Å²) in [6.45, 7) is 4.40. The van der Waals surface area contributed by atoms with E-state index in [-0.39, 0.29) is 0 Å². The molecule has 2 heterocycles. The Kier molecular flexibility index (Phi) is 3.85. The molecule has 104 valence electrons. The second-order valence-electron chi connectivity index (χ2n) is 5.36. The Morgan fingerprint density at radius 3 is 2.95 bits per heavy atom. The van der Waals surface area contributed by atoms with Crippen LogP contribution in [0.1, 0.15) is 30.4 Å². The molecule has 19 heavy (non-hydrogen) atoms. The summed E-state index contributed by atoms with van der Waals surface area (Å²) < 4.78 is 11.3. The number of nitrogens with one attached hydrogen (secondary N) is 1. The first-order chi connectivity index (χ1) is 9.25. The molecule has 1 N–H and O–H groups in total. The largest absolute Gasteiger partial charge is 0.486 e. The standard InChI is InChI=1S/C15H20ClNO2/c1-10-8-13-15(19-7-6-18-13)14(16)12(10)9-11-4-2-3-5-17-11/h8,11,17H,2-7,9H2,1H3. The highest BCUT2D eigenvalue weighted by atomic mass is 35.5. The summed E-state index contributed by atoms with van der Waals surface area (Å²) >= 11 is 6.52. The van der Waals surface area contributed by atoms with Crippen molar-refractivity contribution in [3.8, 4) is 11.5 Å². The van der Waals surface area contributed by atoms with E-state index in [9.17, 15) is 0 Å². The monoisotopic (exact) mass is 281 g/mol. The van der Waals surface area contributed by atoms with Gasteiger partial charge in [-0.05, 0) is 49.9 Å². The first-order valence-electron chi connectivity index (χ1n) is 7.06. The van der Waals surface area contributed by atoms with Gasteiger partial charge in [-0.25, -0.2) is 0 Å². The molecule has 1 saturated heterocycles. The van der Waals surface area contributed by atoms with E-state index >= 15 is 0 Å². The van der Waals surface area contributed by atoms with E-state index in [4.69, 9.17) is 21.1 Å². The van der Waals surface area contributed by atoms with Crippen LogP contribution in [0.2, 0.25) is 5.02 Å². The molecule has 1 aromatic carbocycles. The van der Waals surface area contributed by atoms with Gasteiger partial charge in [0, 0.05) is 6.04 Å². The number of ether oxygens (including phenoxy) is 2. The molecule has 0 bridgehead atoms. The summed E-state index contributed by atoms with van der Waals surface area (Å²) in [5, 5.41) is 4.31. The van der Waals surface area contributed by atoms with E-state index in [1.165, 1.54) is 30.4 Å². The molecule has 1 aromatic rings. The maximum absolute atomic E-state index is 6.52. The predicted molar refractivity (Wildman–Crippen MR) is 76.5 cm³/mol. The van der Waals surface area contributed by atoms with Gasteiger partial charge in [0.1, 0.15) is 13.2 Å². The fourth-order valence-electron chi connectivity index (χ4n) is 2.90. The van der Waals surface area contributed by atoms with E-state index < -0.39 is 0 Å². The SMILES string of the molecule is Cc1cc2c(c(Cl)c1CC1CCCCN1)OCCO2. The van der Waals surface area contributed by atoms with E-state index in [1.54, 1.807) is 0 Å². The molecule has 1 fully saturated rings. The first-order valence-corrected chi connectivity index (χ1v) is 7.44. The number of rotatable bonds is 2. The highest BCUT2D eigenvalue weighted by molar-refractivity contribution is 6.33. The maximum atomic E-state index is 6.52. The molecule has 0 spiro atoms. The van der Waals surface area contributed by atoms with Crippen LogP contribution >= 0.6 is 11.6 Å². The fraction of sp³-hybridized carbons (Fsp3) is 0.600. The fourth-order valence-corrected chi connectivity index (χ4v) is 3.27. The second kappa shape index (κ2) is 5.59. The van der Waals surface area contributed by atoms with Crippen LogP contribution in [0.4, 0.5) is 0 Å². The zero-order chi connectivity index (χ0) is 13.2. The van der Waals surface area contributed by atoms with Gasteiger partial charge >= 0.3 is 0 Å². The van der Waals surface area contributed by atoms with Crippen LogP contribution in [-0.4, -0.2) is 25.8 Å². The van der Waals surface area contributed by atoms with Gasteiger partial charge in [0.25, 0.3) is 0 Å². The molecule has 4 heteroatoms. The lowest BCUT2D eigenvalue weighted by molar-refractivity contribution is 0.171. The van der Waals surface area contributed by atoms with Crippen LogP contribution in [0, 0.1) is 6.92 Å². The summed E-state index contributed by atoms with van der Waals surface area (Å²) in [7, 11) is 0. The smallest absolute Gasteiger partial charge is 0.180 e. The summed E-state index contributed by atoms with van der Waals surface area (Å²) in [6, 6.07) is 2.59. The van der Waals surface area contributed by atoms with Gasteiger partial charge in [-0.2, -0.15) is 0 Å². The number of fused-ring (bicyclic) bond motifs is 1. The number of halogens is 1. The Morgan fingerprint density at radius 2 is 2.16 bits per heavy atom. The first kappa shape index (κ1) is 13.1. The van der Waals surface area contributed by atoms with Crippen molar-refractivity contribution in [3.63, 3.8) is 0 Å². The van der Waals surface area contributed by atoms with Gasteiger partial charge in [0.2, 0.25) is 0 Å². The normalized spacial score (nSPS) is 22.3. The van der Waals surface area contributed by atoms with Crippen molar-refractivity contribution in [3.05, 3.63) is 22.2 Å². The molecule has 0 aromatic heterocycles. The molecule has 2 aliphatic rings. The Hall–Kier alpha value is -0.930. The topological polar surface area (TPSA) is 30.5 Å². The molecule has 1 atom stereocenters. The maximum Gasteiger partial charge on any atom is 0.180 e.